The molecule has 0 bridgehead atoms. The van der Waals surface area contributed by atoms with Crippen molar-refractivity contribution in [3.05, 3.63) is 22.8 Å². The number of nitrogens with one attached hydrogen (secondary N) is 1. The van der Waals surface area contributed by atoms with Crippen molar-refractivity contribution in [3.8, 4) is 0 Å². The molecule has 2 aliphatic rings. The van der Waals surface area contributed by atoms with Gasteiger partial charge >= 0.3 is 0 Å². The molecule has 0 aliphatic carbocycles. The first-order valence-corrected chi connectivity index (χ1v) is 8.34. The van der Waals surface area contributed by atoms with Gasteiger partial charge in [0.25, 0.3) is 5.91 Å². The quantitative estimate of drug-likeness (QED) is 0.869. The average molecular weight is 324 g/mol. The number of rotatable bonds is 3. The van der Waals surface area contributed by atoms with Gasteiger partial charge < -0.3 is 15.0 Å². The van der Waals surface area contributed by atoms with Crippen LogP contribution in [0, 0.1) is 0 Å². The van der Waals surface area contributed by atoms with Crippen molar-refractivity contribution in [1.29, 1.82) is 0 Å². The topological polar surface area (TPSA) is 54.5 Å². The average Bonchev–Trinajstić information content (AvgIpc) is 3.01. The molecular formula is C16H22ClN3O2. The van der Waals surface area contributed by atoms with E-state index in [0.29, 0.717) is 17.3 Å². The Morgan fingerprint density at radius 3 is 2.91 bits per heavy atom. The van der Waals surface area contributed by atoms with Gasteiger partial charge in [-0.1, -0.05) is 11.6 Å². The summed E-state index contributed by atoms with van der Waals surface area (Å²) >= 11 is 6.10. The highest BCUT2D eigenvalue weighted by Crippen LogP contribution is 2.22. The van der Waals surface area contributed by atoms with E-state index >= 15 is 0 Å². The third-order valence-corrected chi connectivity index (χ3v) is 4.49. The fourth-order valence-corrected chi connectivity index (χ4v) is 3.32. The molecule has 1 aromatic rings. The predicted molar refractivity (Wildman–Crippen MR) is 86.6 cm³/mol. The highest BCUT2D eigenvalue weighted by atomic mass is 35.5. The van der Waals surface area contributed by atoms with E-state index < -0.39 is 0 Å². The molecule has 120 valence electrons. The third-order valence-electron chi connectivity index (χ3n) is 4.29. The second-order valence-corrected chi connectivity index (χ2v) is 6.49. The number of ether oxygens (including phenoxy) is 1. The van der Waals surface area contributed by atoms with E-state index in [-0.39, 0.29) is 18.1 Å². The molecule has 1 N–H and O–H groups in total. The molecule has 2 aliphatic heterocycles. The van der Waals surface area contributed by atoms with E-state index in [1.54, 1.807) is 6.07 Å². The second-order valence-electron chi connectivity index (χ2n) is 6.11. The number of halogens is 1. The molecule has 0 aromatic carbocycles. The van der Waals surface area contributed by atoms with E-state index in [1.165, 1.54) is 0 Å². The lowest BCUT2D eigenvalue weighted by Crippen LogP contribution is -2.41. The number of aromatic nitrogens is 1. The number of carbonyl (C=O) groups is 1. The zero-order chi connectivity index (χ0) is 15.5. The van der Waals surface area contributed by atoms with Crippen molar-refractivity contribution in [3.63, 3.8) is 0 Å². The molecule has 0 saturated carbocycles. The Bertz CT molecular complexity index is 546. The van der Waals surface area contributed by atoms with Crippen molar-refractivity contribution in [2.75, 3.05) is 24.6 Å². The fourth-order valence-electron chi connectivity index (χ4n) is 3.12. The smallest absolute Gasteiger partial charge is 0.251 e. The highest BCUT2D eigenvalue weighted by Gasteiger charge is 2.22. The summed E-state index contributed by atoms with van der Waals surface area (Å²) < 4.78 is 5.51. The summed E-state index contributed by atoms with van der Waals surface area (Å²) in [4.78, 5) is 19.0. The van der Waals surface area contributed by atoms with Gasteiger partial charge in [0.15, 0.2) is 0 Å². The predicted octanol–water partition coefficient (Wildman–Crippen LogP) is 2.63. The highest BCUT2D eigenvalue weighted by molar-refractivity contribution is 6.29. The maximum absolute atomic E-state index is 12.5. The maximum Gasteiger partial charge on any atom is 0.251 e. The molecule has 3 heterocycles. The normalized spacial score (nSPS) is 25.3. The Labute approximate surface area is 136 Å². The van der Waals surface area contributed by atoms with Crippen LogP contribution in [0.3, 0.4) is 0 Å². The van der Waals surface area contributed by atoms with Crippen LogP contribution in [0.5, 0.6) is 0 Å². The lowest BCUT2D eigenvalue weighted by Gasteiger charge is -2.28. The summed E-state index contributed by atoms with van der Waals surface area (Å²) in [6.07, 6.45) is 4.23. The Hall–Kier alpha value is -1.33. The number of amides is 1. The van der Waals surface area contributed by atoms with Crippen LogP contribution in [0.4, 0.5) is 5.82 Å². The summed E-state index contributed by atoms with van der Waals surface area (Å²) in [7, 11) is 0. The molecule has 0 unspecified atom stereocenters. The summed E-state index contributed by atoms with van der Waals surface area (Å²) in [5.41, 5.74) is 0.584. The molecule has 6 heteroatoms. The van der Waals surface area contributed by atoms with E-state index in [4.69, 9.17) is 16.3 Å². The Balaban J connectivity index is 1.71. The first-order chi connectivity index (χ1) is 10.6. The van der Waals surface area contributed by atoms with Gasteiger partial charge in [-0.05, 0) is 44.7 Å². The van der Waals surface area contributed by atoms with Crippen LogP contribution in [0.25, 0.3) is 0 Å². The molecule has 0 radical (unpaired) electrons. The van der Waals surface area contributed by atoms with Crippen LogP contribution in [-0.2, 0) is 4.74 Å². The minimum atomic E-state index is -0.0798. The number of anilines is 1. The molecule has 2 saturated heterocycles. The van der Waals surface area contributed by atoms with Crippen LogP contribution in [-0.4, -0.2) is 42.7 Å². The SMILES string of the molecule is C[C@H]1C[C@@H](NC(=O)c2cc(Cl)nc(N3CCCC3)c2)CCO1. The second kappa shape index (κ2) is 6.84. The molecular weight excluding hydrogens is 302 g/mol. The summed E-state index contributed by atoms with van der Waals surface area (Å²) in [5.74, 6) is 0.722. The van der Waals surface area contributed by atoms with Gasteiger partial charge in [-0.15, -0.1) is 0 Å². The zero-order valence-corrected chi connectivity index (χ0v) is 13.6. The molecule has 3 rings (SSSR count). The lowest BCUT2D eigenvalue weighted by molar-refractivity contribution is 0.0136. The van der Waals surface area contributed by atoms with Crippen molar-refractivity contribution < 1.29 is 9.53 Å². The van der Waals surface area contributed by atoms with E-state index in [0.717, 1.165) is 44.6 Å². The van der Waals surface area contributed by atoms with Crippen LogP contribution >= 0.6 is 11.6 Å². The standard InChI is InChI=1S/C16H22ClN3O2/c1-11-8-13(4-7-22-11)18-16(21)12-9-14(17)19-15(10-12)20-5-2-3-6-20/h9-11,13H,2-8H2,1H3,(H,18,21)/t11-,13-/m0/s1. The maximum atomic E-state index is 12.5. The zero-order valence-electron chi connectivity index (χ0n) is 12.8. The number of hydrogen-bond donors (Lipinski definition) is 1. The van der Waals surface area contributed by atoms with Crippen molar-refractivity contribution in [2.45, 2.75) is 44.8 Å². The first-order valence-electron chi connectivity index (χ1n) is 7.97. The number of carbonyl (C=O) groups excluding carboxylic acids is 1. The molecule has 2 atom stereocenters. The minimum absolute atomic E-state index is 0.0798. The van der Waals surface area contributed by atoms with Gasteiger partial charge in [-0.2, -0.15) is 0 Å². The Morgan fingerprint density at radius 1 is 1.41 bits per heavy atom. The van der Waals surface area contributed by atoms with E-state index in [1.807, 2.05) is 13.0 Å². The van der Waals surface area contributed by atoms with Gasteiger partial charge in [-0.25, -0.2) is 4.98 Å². The fraction of sp³-hybridized carbons (Fsp3) is 0.625. The molecule has 0 spiro atoms. The lowest BCUT2D eigenvalue weighted by atomic mass is 10.0. The largest absolute Gasteiger partial charge is 0.378 e. The van der Waals surface area contributed by atoms with Gasteiger partial charge in [0.05, 0.1) is 6.10 Å². The number of pyridine rings is 1. The van der Waals surface area contributed by atoms with E-state index in [9.17, 15) is 4.79 Å². The summed E-state index contributed by atoms with van der Waals surface area (Å²) in [6.45, 7) is 4.69. The molecule has 1 amide bonds. The van der Waals surface area contributed by atoms with Crippen LogP contribution < -0.4 is 10.2 Å². The van der Waals surface area contributed by atoms with E-state index in [2.05, 4.69) is 15.2 Å². The van der Waals surface area contributed by atoms with Gasteiger partial charge in [0.1, 0.15) is 11.0 Å². The van der Waals surface area contributed by atoms with Crippen LogP contribution in [0.15, 0.2) is 12.1 Å². The summed E-state index contributed by atoms with van der Waals surface area (Å²) in [5, 5.41) is 3.46. The Morgan fingerprint density at radius 2 is 2.18 bits per heavy atom. The first kappa shape index (κ1) is 15.6. The van der Waals surface area contributed by atoms with Crippen molar-refractivity contribution >= 4 is 23.3 Å². The van der Waals surface area contributed by atoms with Gasteiger partial charge in [0.2, 0.25) is 0 Å². The third kappa shape index (κ3) is 3.70. The Kier molecular flexibility index (Phi) is 4.84. The molecule has 22 heavy (non-hydrogen) atoms. The van der Waals surface area contributed by atoms with Crippen LogP contribution in [0.2, 0.25) is 5.15 Å². The van der Waals surface area contributed by atoms with Crippen molar-refractivity contribution in [2.24, 2.45) is 0 Å². The molecule has 2 fully saturated rings. The molecule has 1 aromatic heterocycles. The van der Waals surface area contributed by atoms with Crippen molar-refractivity contribution in [1.82, 2.24) is 10.3 Å². The molecule has 5 nitrogen and oxygen atoms in total. The number of nitrogens with zero attached hydrogens (tertiary/aromatic N) is 2. The number of hydrogen-bond acceptors (Lipinski definition) is 4. The summed E-state index contributed by atoms with van der Waals surface area (Å²) in [6, 6.07) is 3.65. The monoisotopic (exact) mass is 323 g/mol. The van der Waals surface area contributed by atoms with Gasteiger partial charge in [-0.3, -0.25) is 4.79 Å². The van der Waals surface area contributed by atoms with Gasteiger partial charge in [0, 0.05) is 31.3 Å². The minimum Gasteiger partial charge on any atom is -0.378 e. The van der Waals surface area contributed by atoms with Crippen LogP contribution in [0.1, 0.15) is 43.0 Å².